The molecule has 0 bridgehead atoms. The van der Waals surface area contributed by atoms with E-state index in [1.54, 1.807) is 43.3 Å². The molecule has 43 heavy (non-hydrogen) atoms. The van der Waals surface area contributed by atoms with Gasteiger partial charge in [-0.2, -0.15) is 0 Å². The van der Waals surface area contributed by atoms with Crippen LogP contribution in [0.1, 0.15) is 33.6 Å². The highest BCUT2D eigenvalue weighted by Crippen LogP contribution is 2.54. The molecule has 2 aliphatic rings. The minimum atomic E-state index is -0.823. The maximum Gasteiger partial charge on any atom is 0.338 e. The zero-order chi connectivity index (χ0) is 30.2. The fourth-order valence-corrected chi connectivity index (χ4v) is 8.40. The number of para-hydroxylation sites is 1. The molecule has 0 radical (unpaired) electrons. The second-order valence-corrected chi connectivity index (χ2v) is 12.9. The van der Waals surface area contributed by atoms with Crippen molar-refractivity contribution in [3.8, 4) is 0 Å². The van der Waals surface area contributed by atoms with Gasteiger partial charge < -0.3 is 10.1 Å². The van der Waals surface area contributed by atoms with Crippen LogP contribution in [0.2, 0.25) is 0 Å². The molecular formula is C31H24BrN3O6S2. The summed E-state index contributed by atoms with van der Waals surface area (Å²) in [6.45, 7) is 1.70. The molecule has 1 N–H and O–H groups in total. The topological polar surface area (TPSA) is 115 Å². The molecule has 0 aliphatic carbocycles. The number of amides is 3. The Morgan fingerprint density at radius 1 is 0.930 bits per heavy atom. The van der Waals surface area contributed by atoms with Crippen LogP contribution in [0.5, 0.6) is 0 Å². The number of rotatable bonds is 7. The molecule has 0 saturated carbocycles. The number of fused-ring (bicyclic) bond motifs is 2. The molecule has 1 fully saturated rings. The Balaban J connectivity index is 1.38. The number of aromatic nitrogens is 1. The number of benzene rings is 3. The Bertz CT molecular complexity index is 1790. The minimum absolute atomic E-state index is 0.227. The van der Waals surface area contributed by atoms with Crippen LogP contribution < -0.4 is 15.1 Å². The first-order valence-corrected chi connectivity index (χ1v) is 15.9. The summed E-state index contributed by atoms with van der Waals surface area (Å²) in [6, 6.07) is 22.5. The predicted molar refractivity (Wildman–Crippen MR) is 168 cm³/mol. The lowest BCUT2D eigenvalue weighted by molar-refractivity contribution is -0.122. The third kappa shape index (κ3) is 5.46. The van der Waals surface area contributed by atoms with E-state index in [2.05, 4.69) is 21.2 Å². The molecule has 6 rings (SSSR count). The monoisotopic (exact) mass is 677 g/mol. The largest absolute Gasteiger partial charge is 0.462 e. The number of imide groups is 1. The quantitative estimate of drug-likeness (QED) is 0.209. The number of hydrogen-bond acceptors (Lipinski definition) is 8. The van der Waals surface area contributed by atoms with Gasteiger partial charge in [-0.1, -0.05) is 69.4 Å². The number of ether oxygens (including phenoxy) is 1. The van der Waals surface area contributed by atoms with Gasteiger partial charge in [-0.3, -0.25) is 23.7 Å². The van der Waals surface area contributed by atoms with Crippen LogP contribution in [-0.4, -0.2) is 40.1 Å². The van der Waals surface area contributed by atoms with Gasteiger partial charge in [0.05, 0.1) is 28.8 Å². The summed E-state index contributed by atoms with van der Waals surface area (Å²) < 4.78 is 7.28. The molecule has 218 valence electrons. The summed E-state index contributed by atoms with van der Waals surface area (Å²) in [5.41, 5.74) is 2.04. The number of halogens is 1. The molecule has 2 aliphatic heterocycles. The second kappa shape index (κ2) is 11.9. The second-order valence-electron chi connectivity index (χ2n) is 9.91. The molecule has 12 heteroatoms. The Labute approximate surface area is 263 Å². The van der Waals surface area contributed by atoms with E-state index in [9.17, 15) is 24.0 Å². The molecule has 3 amide bonds. The van der Waals surface area contributed by atoms with Crippen molar-refractivity contribution < 1.29 is 23.9 Å². The number of thiazole rings is 1. The first-order chi connectivity index (χ1) is 20.8. The van der Waals surface area contributed by atoms with E-state index < -0.39 is 29.0 Å². The number of carbonyl (C=O) groups is 4. The molecule has 2 unspecified atom stereocenters. The lowest BCUT2D eigenvalue weighted by Crippen LogP contribution is -2.33. The summed E-state index contributed by atoms with van der Waals surface area (Å²) in [5.74, 6) is -3.04. The Morgan fingerprint density at radius 3 is 2.30 bits per heavy atom. The maximum absolute atomic E-state index is 14.1. The lowest BCUT2D eigenvalue weighted by atomic mass is 9.83. The number of nitrogens with one attached hydrogen (secondary N) is 1. The number of nitrogens with zero attached hydrogens (tertiary/aromatic N) is 2. The van der Waals surface area contributed by atoms with E-state index in [0.29, 0.717) is 26.8 Å². The van der Waals surface area contributed by atoms with Gasteiger partial charge in [0, 0.05) is 21.0 Å². The average Bonchev–Trinajstić information content (AvgIpc) is 3.44. The van der Waals surface area contributed by atoms with Crippen LogP contribution in [0.4, 0.5) is 11.4 Å². The van der Waals surface area contributed by atoms with E-state index in [1.807, 2.05) is 30.3 Å². The summed E-state index contributed by atoms with van der Waals surface area (Å²) in [5, 5.41) is 2.49. The molecule has 0 spiro atoms. The van der Waals surface area contributed by atoms with Crippen LogP contribution in [0.25, 0.3) is 0 Å². The van der Waals surface area contributed by atoms with Crippen molar-refractivity contribution in [3.05, 3.63) is 109 Å². The SMILES string of the molecule is CCOC(=O)c1ccc(N2C(=O)C3Sc4c(sc(=O)n4CC(=O)Nc4ccccc4)[C@H](c4ccc(Br)cc4)C3C2=O)cc1. The summed E-state index contributed by atoms with van der Waals surface area (Å²) in [6.07, 6.45) is 0. The highest BCUT2D eigenvalue weighted by molar-refractivity contribution is 9.10. The van der Waals surface area contributed by atoms with Gasteiger partial charge in [-0.15, -0.1) is 0 Å². The number of thioether (sulfide) groups is 1. The van der Waals surface area contributed by atoms with Gasteiger partial charge in [0.2, 0.25) is 17.7 Å². The average molecular weight is 679 g/mol. The van der Waals surface area contributed by atoms with Crippen molar-refractivity contribution in [2.75, 3.05) is 16.8 Å². The number of hydrogen-bond donors (Lipinski definition) is 1. The fraction of sp³-hybridized carbons (Fsp3) is 0.194. The standard InChI is InChI=1S/C31H24BrN3O6S2/c1-2-41-30(39)18-10-14-21(15-11-18)35-27(37)24-23(17-8-12-19(32)13-9-17)26-29(42-25(24)28(35)38)34(31(40)43-26)16-22(36)33-20-6-4-3-5-7-20/h3-15,23-25H,2,16H2,1H3,(H,33,36)/t23-,24?,25?/m1/s1. The molecule has 1 saturated heterocycles. The minimum Gasteiger partial charge on any atom is -0.462 e. The summed E-state index contributed by atoms with van der Waals surface area (Å²) in [7, 11) is 0. The zero-order valence-corrected chi connectivity index (χ0v) is 25.9. The fourth-order valence-electron chi connectivity index (χ4n) is 5.37. The predicted octanol–water partition coefficient (Wildman–Crippen LogP) is 5.28. The highest BCUT2D eigenvalue weighted by Gasteiger charge is 2.56. The van der Waals surface area contributed by atoms with E-state index >= 15 is 0 Å². The number of esters is 1. The van der Waals surface area contributed by atoms with Gasteiger partial charge in [0.15, 0.2) is 0 Å². The molecule has 4 aromatic rings. The van der Waals surface area contributed by atoms with Crippen LogP contribution in [0.15, 0.2) is 93.2 Å². The zero-order valence-electron chi connectivity index (χ0n) is 22.7. The van der Waals surface area contributed by atoms with Crippen molar-refractivity contribution in [2.45, 2.75) is 29.7 Å². The van der Waals surface area contributed by atoms with Gasteiger partial charge >= 0.3 is 10.8 Å². The number of carbonyl (C=O) groups excluding carboxylic acids is 4. The first kappa shape index (κ1) is 29.1. The van der Waals surface area contributed by atoms with Crippen molar-refractivity contribution in [1.82, 2.24) is 4.57 Å². The van der Waals surface area contributed by atoms with E-state index in [0.717, 1.165) is 38.0 Å². The maximum atomic E-state index is 14.1. The van der Waals surface area contributed by atoms with Crippen LogP contribution in [0, 0.1) is 5.92 Å². The first-order valence-electron chi connectivity index (χ1n) is 13.4. The third-order valence-corrected chi connectivity index (χ3v) is 10.4. The molecule has 9 nitrogen and oxygen atoms in total. The van der Waals surface area contributed by atoms with E-state index in [-0.39, 0.29) is 29.8 Å². The van der Waals surface area contributed by atoms with E-state index in [1.165, 1.54) is 16.7 Å². The van der Waals surface area contributed by atoms with Gasteiger partial charge in [-0.25, -0.2) is 9.69 Å². The summed E-state index contributed by atoms with van der Waals surface area (Å²) >= 11 is 5.59. The molecule has 3 atom stereocenters. The van der Waals surface area contributed by atoms with Crippen molar-refractivity contribution in [1.29, 1.82) is 0 Å². The van der Waals surface area contributed by atoms with Gasteiger partial charge in [0.25, 0.3) is 0 Å². The Morgan fingerprint density at radius 2 is 1.63 bits per heavy atom. The van der Waals surface area contributed by atoms with Crippen LogP contribution >= 0.6 is 39.0 Å². The molecular weight excluding hydrogens is 654 g/mol. The normalized spacial score (nSPS) is 19.1. The van der Waals surface area contributed by atoms with Crippen LogP contribution in [-0.2, 0) is 25.7 Å². The molecule has 3 aromatic carbocycles. The van der Waals surface area contributed by atoms with Crippen molar-refractivity contribution >= 4 is 74.1 Å². The smallest absolute Gasteiger partial charge is 0.338 e. The van der Waals surface area contributed by atoms with Crippen LogP contribution in [0.3, 0.4) is 0 Å². The van der Waals surface area contributed by atoms with Crippen molar-refractivity contribution in [3.63, 3.8) is 0 Å². The Kier molecular flexibility index (Phi) is 8.08. The third-order valence-electron chi connectivity index (χ3n) is 7.27. The highest BCUT2D eigenvalue weighted by atomic mass is 79.9. The van der Waals surface area contributed by atoms with Gasteiger partial charge in [-0.05, 0) is 61.0 Å². The summed E-state index contributed by atoms with van der Waals surface area (Å²) in [4.78, 5) is 67.8. The van der Waals surface area contributed by atoms with Gasteiger partial charge in [0.1, 0.15) is 11.8 Å². The molecule has 1 aromatic heterocycles. The molecule has 3 heterocycles. The van der Waals surface area contributed by atoms with E-state index in [4.69, 9.17) is 4.74 Å². The lowest BCUT2D eigenvalue weighted by Gasteiger charge is -2.30. The van der Waals surface area contributed by atoms with Crippen molar-refractivity contribution in [2.24, 2.45) is 5.92 Å². The number of anilines is 2. The Hall–Kier alpha value is -4.00.